The van der Waals surface area contributed by atoms with E-state index in [1.165, 1.54) is 5.56 Å². The lowest BCUT2D eigenvalue weighted by atomic mass is 10.0. The summed E-state index contributed by atoms with van der Waals surface area (Å²) in [6.45, 7) is 2.21. The number of hydrogen-bond acceptors (Lipinski definition) is 3. The second-order valence-corrected chi connectivity index (χ2v) is 6.93. The Morgan fingerprint density at radius 1 is 0.893 bits per heavy atom. The van der Waals surface area contributed by atoms with Crippen molar-refractivity contribution in [2.75, 3.05) is 0 Å². The number of nitrogens with zero attached hydrogens (tertiary/aromatic N) is 4. The third-order valence-electron chi connectivity index (χ3n) is 5.29. The Balaban J connectivity index is 1.68. The van der Waals surface area contributed by atoms with Crippen LogP contribution in [-0.4, -0.2) is 19.5 Å². The van der Waals surface area contributed by atoms with E-state index in [-0.39, 0.29) is 6.04 Å². The molecule has 4 heteroatoms. The van der Waals surface area contributed by atoms with E-state index in [0.717, 1.165) is 39.6 Å². The van der Waals surface area contributed by atoms with E-state index < -0.39 is 0 Å². The van der Waals surface area contributed by atoms with Crippen LogP contribution < -0.4 is 0 Å². The molecule has 0 aliphatic carbocycles. The second-order valence-electron chi connectivity index (χ2n) is 6.93. The molecule has 4 nitrogen and oxygen atoms in total. The van der Waals surface area contributed by atoms with Crippen LogP contribution in [0.1, 0.15) is 24.9 Å². The lowest BCUT2D eigenvalue weighted by Crippen LogP contribution is -2.08. The van der Waals surface area contributed by atoms with Gasteiger partial charge in [0, 0.05) is 23.3 Å². The van der Waals surface area contributed by atoms with E-state index in [1.807, 2.05) is 36.9 Å². The third-order valence-corrected chi connectivity index (χ3v) is 5.29. The van der Waals surface area contributed by atoms with Gasteiger partial charge in [-0.15, -0.1) is 0 Å². The molecule has 136 valence electrons. The van der Waals surface area contributed by atoms with Gasteiger partial charge in [-0.2, -0.15) is 0 Å². The van der Waals surface area contributed by atoms with Crippen molar-refractivity contribution < 1.29 is 0 Å². The summed E-state index contributed by atoms with van der Waals surface area (Å²) < 4.78 is 2.24. The van der Waals surface area contributed by atoms with Crippen LogP contribution in [0.4, 0.5) is 0 Å². The van der Waals surface area contributed by atoms with E-state index in [2.05, 4.69) is 75.0 Å². The van der Waals surface area contributed by atoms with Gasteiger partial charge in [0.2, 0.25) is 0 Å². The van der Waals surface area contributed by atoms with Crippen LogP contribution >= 0.6 is 0 Å². The van der Waals surface area contributed by atoms with Crippen LogP contribution in [0.5, 0.6) is 0 Å². The van der Waals surface area contributed by atoms with Gasteiger partial charge < -0.3 is 4.57 Å². The molecule has 0 unspecified atom stereocenters. The molecule has 0 saturated carbocycles. The third kappa shape index (κ3) is 2.74. The maximum Gasteiger partial charge on any atom is 0.177 e. The molecule has 28 heavy (non-hydrogen) atoms. The quantitative estimate of drug-likeness (QED) is 0.414. The van der Waals surface area contributed by atoms with Gasteiger partial charge >= 0.3 is 0 Å². The highest BCUT2D eigenvalue weighted by molar-refractivity contribution is 5.95. The van der Waals surface area contributed by atoms with Crippen molar-refractivity contribution in [3.8, 4) is 11.1 Å². The first-order valence-corrected chi connectivity index (χ1v) is 9.57. The van der Waals surface area contributed by atoms with E-state index in [0.29, 0.717) is 0 Å². The van der Waals surface area contributed by atoms with Crippen molar-refractivity contribution in [3.63, 3.8) is 0 Å². The summed E-state index contributed by atoms with van der Waals surface area (Å²) in [5.74, 6) is 0. The summed E-state index contributed by atoms with van der Waals surface area (Å²) in [6.07, 6.45) is 6.63. The largest absolute Gasteiger partial charge is 0.322 e. The van der Waals surface area contributed by atoms with Crippen LogP contribution in [-0.2, 0) is 0 Å². The van der Waals surface area contributed by atoms with Crippen molar-refractivity contribution in [1.29, 1.82) is 0 Å². The zero-order valence-electron chi connectivity index (χ0n) is 15.7. The van der Waals surface area contributed by atoms with Crippen LogP contribution in [0.3, 0.4) is 0 Å². The van der Waals surface area contributed by atoms with Gasteiger partial charge in [0.05, 0.1) is 23.4 Å². The number of pyridine rings is 2. The molecule has 3 aromatic heterocycles. The number of hydrogen-bond donors (Lipinski definition) is 0. The first-order chi connectivity index (χ1) is 13.8. The lowest BCUT2D eigenvalue weighted by molar-refractivity contribution is 0.581. The molecule has 1 atom stereocenters. The van der Waals surface area contributed by atoms with Gasteiger partial charge in [-0.1, -0.05) is 55.5 Å². The highest BCUT2D eigenvalue weighted by atomic mass is 15.1. The van der Waals surface area contributed by atoms with E-state index in [1.54, 1.807) is 0 Å². The molecule has 5 rings (SSSR count). The van der Waals surface area contributed by atoms with Gasteiger partial charge in [-0.3, -0.25) is 4.98 Å². The van der Waals surface area contributed by atoms with Crippen molar-refractivity contribution in [1.82, 2.24) is 19.5 Å². The molecule has 0 amide bonds. The molecule has 3 heterocycles. The molecule has 0 aliphatic heterocycles. The molecule has 0 fully saturated rings. The van der Waals surface area contributed by atoms with Crippen LogP contribution in [0, 0.1) is 0 Å². The number of imidazole rings is 1. The summed E-state index contributed by atoms with van der Waals surface area (Å²) in [4.78, 5) is 13.7. The first kappa shape index (κ1) is 16.6. The fourth-order valence-corrected chi connectivity index (χ4v) is 3.93. The van der Waals surface area contributed by atoms with Crippen molar-refractivity contribution in [3.05, 3.63) is 91.0 Å². The maximum atomic E-state index is 4.64. The predicted octanol–water partition coefficient (Wildman–Crippen LogP) is 5.65. The molecular weight excluding hydrogens is 344 g/mol. The Labute approximate surface area is 163 Å². The number of rotatable bonds is 4. The van der Waals surface area contributed by atoms with Gasteiger partial charge in [-0.05, 0) is 35.7 Å². The molecule has 0 spiro atoms. The molecule has 2 aromatic carbocycles. The highest BCUT2D eigenvalue weighted by Gasteiger charge is 2.16. The number of benzene rings is 2. The fraction of sp³-hybridized carbons (Fsp3) is 0.125. The summed E-state index contributed by atoms with van der Waals surface area (Å²) in [5, 5.41) is 1.13. The van der Waals surface area contributed by atoms with E-state index in [4.69, 9.17) is 0 Å². The van der Waals surface area contributed by atoms with E-state index >= 15 is 0 Å². The monoisotopic (exact) mass is 364 g/mol. The smallest absolute Gasteiger partial charge is 0.177 e. The molecular formula is C24H20N4. The standard InChI is InChI=1S/C24H20N4/c1-2-22(17-8-4-3-5-9-17)28-16-27-24-23(28)14-18(15-26-24)19-10-6-12-21-20(19)11-7-13-25-21/h3-16,22H,2H2,1H3/t22-/m0/s1. The first-order valence-electron chi connectivity index (χ1n) is 9.57. The van der Waals surface area contributed by atoms with Crippen LogP contribution in [0.25, 0.3) is 33.2 Å². The van der Waals surface area contributed by atoms with Crippen molar-refractivity contribution >= 4 is 22.1 Å². The SMILES string of the molecule is CC[C@@H](c1ccccc1)n1cnc2ncc(-c3cccc4ncccc34)cc21. The minimum atomic E-state index is 0.234. The molecule has 5 aromatic rings. The lowest BCUT2D eigenvalue weighted by Gasteiger charge is -2.18. The summed E-state index contributed by atoms with van der Waals surface area (Å²) in [6, 6.07) is 23.3. The average Bonchev–Trinajstić information content (AvgIpc) is 3.18. The minimum absolute atomic E-state index is 0.234. The summed E-state index contributed by atoms with van der Waals surface area (Å²) in [5.41, 5.74) is 6.32. The van der Waals surface area contributed by atoms with Gasteiger partial charge in [0.25, 0.3) is 0 Å². The highest BCUT2D eigenvalue weighted by Crippen LogP contribution is 2.31. The number of aromatic nitrogens is 4. The van der Waals surface area contributed by atoms with Crippen molar-refractivity contribution in [2.24, 2.45) is 0 Å². The molecule has 0 N–H and O–H groups in total. The molecule has 0 aliphatic rings. The topological polar surface area (TPSA) is 43.6 Å². The Kier molecular flexibility index (Phi) is 4.09. The Bertz CT molecular complexity index is 1250. The average molecular weight is 364 g/mol. The molecule has 0 saturated heterocycles. The Morgan fingerprint density at radius 2 is 1.79 bits per heavy atom. The van der Waals surface area contributed by atoms with Gasteiger partial charge in [0.1, 0.15) is 0 Å². The van der Waals surface area contributed by atoms with Crippen LogP contribution in [0.2, 0.25) is 0 Å². The fourth-order valence-electron chi connectivity index (χ4n) is 3.93. The molecule has 0 radical (unpaired) electrons. The van der Waals surface area contributed by atoms with Crippen molar-refractivity contribution in [2.45, 2.75) is 19.4 Å². The predicted molar refractivity (Wildman–Crippen MR) is 113 cm³/mol. The second kappa shape index (κ2) is 6.89. The van der Waals surface area contributed by atoms with Gasteiger partial charge in [0.15, 0.2) is 5.65 Å². The van der Waals surface area contributed by atoms with E-state index in [9.17, 15) is 0 Å². The van der Waals surface area contributed by atoms with Gasteiger partial charge in [-0.25, -0.2) is 9.97 Å². The summed E-state index contributed by atoms with van der Waals surface area (Å²) in [7, 11) is 0. The zero-order chi connectivity index (χ0) is 18.9. The minimum Gasteiger partial charge on any atom is -0.322 e. The Hall–Kier alpha value is -3.53. The Morgan fingerprint density at radius 3 is 2.64 bits per heavy atom. The zero-order valence-corrected chi connectivity index (χ0v) is 15.7. The number of fused-ring (bicyclic) bond motifs is 2. The van der Waals surface area contributed by atoms with Crippen LogP contribution in [0.15, 0.2) is 85.5 Å². The normalized spacial score (nSPS) is 12.5. The summed E-state index contributed by atoms with van der Waals surface area (Å²) >= 11 is 0. The molecule has 0 bridgehead atoms. The maximum absolute atomic E-state index is 4.64.